The van der Waals surface area contributed by atoms with Crippen molar-refractivity contribution in [1.82, 2.24) is 4.90 Å². The Morgan fingerprint density at radius 2 is 2.00 bits per heavy atom. The van der Waals surface area contributed by atoms with Crippen molar-refractivity contribution in [3.63, 3.8) is 0 Å². The molecule has 1 saturated heterocycles. The van der Waals surface area contributed by atoms with E-state index in [-0.39, 0.29) is 24.8 Å². The van der Waals surface area contributed by atoms with Crippen molar-refractivity contribution >= 4 is 22.0 Å². The number of hydrogen-bond donors (Lipinski definition) is 0. The van der Waals surface area contributed by atoms with Gasteiger partial charge in [-0.25, -0.2) is 4.79 Å². The number of rotatable bonds is 5. The highest BCUT2D eigenvalue weighted by molar-refractivity contribution is 9.09. The molecule has 1 aromatic carbocycles. The van der Waals surface area contributed by atoms with Crippen LogP contribution in [0, 0.1) is 5.92 Å². The third kappa shape index (κ3) is 4.48. The summed E-state index contributed by atoms with van der Waals surface area (Å²) in [5.41, 5.74) is 0.322. The molecule has 0 radical (unpaired) electrons. The van der Waals surface area contributed by atoms with E-state index in [0.717, 1.165) is 12.0 Å². The Morgan fingerprint density at radius 1 is 1.35 bits per heavy atom. The normalized spacial score (nSPS) is 23.3. The lowest BCUT2D eigenvalue weighted by Gasteiger charge is -2.33. The van der Waals surface area contributed by atoms with Gasteiger partial charge in [0.15, 0.2) is 0 Å². The summed E-state index contributed by atoms with van der Waals surface area (Å²) in [6, 6.07) is 9.75. The molecule has 128 valence electrons. The predicted octanol–water partition coefficient (Wildman–Crippen LogP) is 4.57. The number of ether oxygens (including phenoxy) is 2. The van der Waals surface area contributed by atoms with Crippen molar-refractivity contribution in [2.24, 2.45) is 5.92 Å². The Kier molecular flexibility index (Phi) is 6.09. The van der Waals surface area contributed by atoms with Gasteiger partial charge in [-0.05, 0) is 31.7 Å². The second-order valence-corrected chi connectivity index (χ2v) is 7.51. The first-order chi connectivity index (χ1) is 10.8. The van der Waals surface area contributed by atoms with Crippen LogP contribution in [-0.4, -0.2) is 34.2 Å². The van der Waals surface area contributed by atoms with Crippen LogP contribution in [0.1, 0.15) is 39.7 Å². The minimum absolute atomic E-state index is 0.0170. The van der Waals surface area contributed by atoms with Crippen molar-refractivity contribution in [2.45, 2.75) is 58.6 Å². The second kappa shape index (κ2) is 7.67. The van der Waals surface area contributed by atoms with E-state index in [0.29, 0.717) is 11.2 Å². The molecule has 1 amide bonds. The first-order valence-electron chi connectivity index (χ1n) is 8.09. The summed E-state index contributed by atoms with van der Waals surface area (Å²) >= 11 is 3.51. The molecule has 0 bridgehead atoms. The first kappa shape index (κ1) is 18.3. The monoisotopic (exact) mass is 383 g/mol. The fourth-order valence-corrected chi connectivity index (χ4v) is 3.65. The zero-order chi connectivity index (χ0) is 17.0. The van der Waals surface area contributed by atoms with Crippen LogP contribution in [-0.2, 0) is 16.1 Å². The number of hydrogen-bond acceptors (Lipinski definition) is 3. The average Bonchev–Trinajstić information content (AvgIpc) is 2.75. The Balaban J connectivity index is 2.10. The number of alkyl halides is 1. The quantitative estimate of drug-likeness (QED) is 0.698. The van der Waals surface area contributed by atoms with E-state index in [1.165, 1.54) is 0 Å². The van der Waals surface area contributed by atoms with E-state index in [9.17, 15) is 4.79 Å². The van der Waals surface area contributed by atoms with E-state index < -0.39 is 5.72 Å². The summed E-state index contributed by atoms with van der Waals surface area (Å²) in [5, 5.41) is 0.705. The molecular formula is C18H26BrNO3. The highest BCUT2D eigenvalue weighted by Crippen LogP contribution is 2.36. The van der Waals surface area contributed by atoms with Gasteiger partial charge in [0.05, 0.1) is 12.1 Å². The van der Waals surface area contributed by atoms with Crippen molar-refractivity contribution in [3.05, 3.63) is 35.9 Å². The molecule has 2 rings (SSSR count). The highest BCUT2D eigenvalue weighted by atomic mass is 79.9. The van der Waals surface area contributed by atoms with E-state index in [4.69, 9.17) is 9.47 Å². The average molecular weight is 384 g/mol. The summed E-state index contributed by atoms with van der Waals surface area (Å²) in [5.74, 6) is 0.475. The topological polar surface area (TPSA) is 38.8 Å². The van der Waals surface area contributed by atoms with Gasteiger partial charge in [0, 0.05) is 5.33 Å². The Morgan fingerprint density at radius 3 is 2.57 bits per heavy atom. The van der Waals surface area contributed by atoms with Gasteiger partial charge in [-0.2, -0.15) is 0 Å². The molecule has 0 spiro atoms. The number of amides is 1. The number of benzene rings is 1. The van der Waals surface area contributed by atoms with Gasteiger partial charge in [0.1, 0.15) is 12.3 Å². The van der Waals surface area contributed by atoms with Crippen molar-refractivity contribution in [2.75, 3.05) is 5.33 Å². The van der Waals surface area contributed by atoms with E-state index in [1.54, 1.807) is 4.90 Å². The van der Waals surface area contributed by atoms with Gasteiger partial charge in [-0.15, -0.1) is 0 Å². The maximum Gasteiger partial charge on any atom is 0.412 e. The van der Waals surface area contributed by atoms with Crippen LogP contribution in [0.2, 0.25) is 0 Å². The minimum Gasteiger partial charge on any atom is -0.444 e. The Hall–Kier alpha value is -1.07. The third-order valence-corrected chi connectivity index (χ3v) is 4.69. The van der Waals surface area contributed by atoms with Crippen LogP contribution in [0.4, 0.5) is 4.79 Å². The van der Waals surface area contributed by atoms with Gasteiger partial charge in [-0.1, -0.05) is 60.1 Å². The maximum absolute atomic E-state index is 12.7. The molecular weight excluding hydrogens is 358 g/mol. The first-order valence-corrected chi connectivity index (χ1v) is 9.21. The SMILES string of the molecule is CC(C)C[C@H]1[C@@H](CBr)OC(C)(C)N1C(=O)OCc1ccccc1. The van der Waals surface area contributed by atoms with Gasteiger partial charge in [-0.3, -0.25) is 4.90 Å². The van der Waals surface area contributed by atoms with Gasteiger partial charge < -0.3 is 9.47 Å². The summed E-state index contributed by atoms with van der Waals surface area (Å²) in [6.07, 6.45) is 0.560. The van der Waals surface area contributed by atoms with E-state index in [2.05, 4.69) is 29.8 Å². The van der Waals surface area contributed by atoms with Crippen LogP contribution in [0.3, 0.4) is 0 Å². The molecule has 1 fully saturated rings. The summed E-state index contributed by atoms with van der Waals surface area (Å²) in [6.45, 7) is 8.44. The molecule has 0 unspecified atom stereocenters. The van der Waals surface area contributed by atoms with Gasteiger partial charge in [0.25, 0.3) is 0 Å². The fourth-order valence-electron chi connectivity index (χ4n) is 3.09. The lowest BCUT2D eigenvalue weighted by atomic mass is 9.99. The lowest BCUT2D eigenvalue weighted by molar-refractivity contribution is -0.0657. The summed E-state index contributed by atoms with van der Waals surface area (Å²) < 4.78 is 11.6. The minimum atomic E-state index is -0.661. The van der Waals surface area contributed by atoms with Gasteiger partial charge in [0.2, 0.25) is 0 Å². The van der Waals surface area contributed by atoms with E-state index in [1.807, 2.05) is 44.2 Å². The van der Waals surface area contributed by atoms with E-state index >= 15 is 0 Å². The number of carbonyl (C=O) groups excluding carboxylic acids is 1. The predicted molar refractivity (Wildman–Crippen MR) is 94.5 cm³/mol. The molecule has 0 N–H and O–H groups in total. The Bertz CT molecular complexity index is 518. The zero-order valence-corrected chi connectivity index (χ0v) is 15.9. The fraction of sp³-hybridized carbons (Fsp3) is 0.611. The molecule has 1 heterocycles. The van der Waals surface area contributed by atoms with Crippen LogP contribution in [0.5, 0.6) is 0 Å². The Labute approximate surface area is 147 Å². The maximum atomic E-state index is 12.7. The van der Waals surface area contributed by atoms with Crippen molar-refractivity contribution in [1.29, 1.82) is 0 Å². The largest absolute Gasteiger partial charge is 0.444 e. The zero-order valence-electron chi connectivity index (χ0n) is 14.3. The lowest BCUT2D eigenvalue weighted by Crippen LogP contribution is -2.49. The molecule has 0 saturated carbocycles. The molecule has 1 aromatic rings. The molecule has 23 heavy (non-hydrogen) atoms. The standard InChI is InChI=1S/C18H26BrNO3/c1-13(2)10-15-16(11-19)23-18(3,4)20(15)17(21)22-12-14-8-6-5-7-9-14/h5-9,13,15-16H,10-12H2,1-4H3/t15-,16+/m0/s1. The highest BCUT2D eigenvalue weighted by Gasteiger charge is 2.50. The summed E-state index contributed by atoms with van der Waals surface area (Å²) in [4.78, 5) is 14.5. The van der Waals surface area contributed by atoms with Crippen LogP contribution < -0.4 is 0 Å². The third-order valence-electron chi connectivity index (χ3n) is 4.05. The second-order valence-electron chi connectivity index (χ2n) is 6.86. The van der Waals surface area contributed by atoms with Crippen LogP contribution in [0.25, 0.3) is 0 Å². The summed E-state index contributed by atoms with van der Waals surface area (Å²) in [7, 11) is 0. The number of halogens is 1. The van der Waals surface area contributed by atoms with Crippen molar-refractivity contribution < 1.29 is 14.3 Å². The molecule has 2 atom stereocenters. The number of carbonyl (C=O) groups is 1. The molecule has 1 aliphatic rings. The molecule has 0 aliphatic carbocycles. The van der Waals surface area contributed by atoms with Gasteiger partial charge >= 0.3 is 6.09 Å². The molecule has 5 heteroatoms. The number of nitrogens with zero attached hydrogens (tertiary/aromatic N) is 1. The van der Waals surface area contributed by atoms with Crippen LogP contribution >= 0.6 is 15.9 Å². The molecule has 1 aliphatic heterocycles. The molecule has 4 nitrogen and oxygen atoms in total. The van der Waals surface area contributed by atoms with Crippen molar-refractivity contribution in [3.8, 4) is 0 Å². The van der Waals surface area contributed by atoms with Crippen LogP contribution in [0.15, 0.2) is 30.3 Å². The smallest absolute Gasteiger partial charge is 0.412 e. The molecule has 0 aromatic heterocycles.